The molecule has 276 valence electrons. The SMILES string of the molecule is CCC[C@H]1N(C(=O)c2ncccc2C(F)(F)F)CCC[C@]1(Oc1csc(C(F)(F)F)c1)C(=O)N1CCc2cc(F)ccc2C1CCCCC(=O)O. The summed E-state index contributed by atoms with van der Waals surface area (Å²) in [5.74, 6) is -3.58. The van der Waals surface area contributed by atoms with Gasteiger partial charge < -0.3 is 19.6 Å². The Hall–Kier alpha value is -4.21. The maximum atomic E-state index is 15.2. The average molecular weight is 744 g/mol. The van der Waals surface area contributed by atoms with E-state index in [-0.39, 0.29) is 63.8 Å². The number of pyridine rings is 1. The molecule has 16 heteroatoms. The number of unbranched alkanes of at least 4 members (excludes halogenated alkanes) is 1. The van der Waals surface area contributed by atoms with Gasteiger partial charge in [-0.2, -0.15) is 26.3 Å². The third kappa shape index (κ3) is 8.15. The number of nitrogens with zero attached hydrogens (tertiary/aromatic N) is 3. The van der Waals surface area contributed by atoms with E-state index < -0.39 is 69.8 Å². The number of benzene rings is 1. The molecule has 8 nitrogen and oxygen atoms in total. The molecule has 1 saturated heterocycles. The molecule has 1 N–H and O–H groups in total. The number of hydrogen-bond acceptors (Lipinski definition) is 6. The minimum absolute atomic E-state index is 0.0344. The number of likely N-dealkylation sites (tertiary alicyclic amines) is 1. The Balaban J connectivity index is 1.62. The molecule has 3 aromatic rings. The second kappa shape index (κ2) is 15.2. The highest BCUT2D eigenvalue weighted by Crippen LogP contribution is 2.45. The molecule has 51 heavy (non-hydrogen) atoms. The number of aromatic nitrogens is 1. The second-order valence-corrected chi connectivity index (χ2v) is 13.6. The van der Waals surface area contributed by atoms with E-state index in [9.17, 15) is 45.4 Å². The molecule has 2 aliphatic rings. The zero-order chi connectivity index (χ0) is 37.1. The van der Waals surface area contributed by atoms with Crippen molar-refractivity contribution < 1.29 is 55.0 Å². The quantitative estimate of drug-likeness (QED) is 0.157. The van der Waals surface area contributed by atoms with Crippen LogP contribution in [0.4, 0.5) is 30.7 Å². The van der Waals surface area contributed by atoms with Crippen molar-refractivity contribution in [1.29, 1.82) is 0 Å². The molecule has 5 rings (SSSR count). The molecule has 4 heterocycles. The van der Waals surface area contributed by atoms with Crippen LogP contribution in [-0.4, -0.2) is 62.4 Å². The number of amides is 2. The van der Waals surface area contributed by atoms with Crippen LogP contribution in [0, 0.1) is 5.82 Å². The molecule has 0 radical (unpaired) electrons. The molecule has 0 saturated carbocycles. The van der Waals surface area contributed by atoms with E-state index in [2.05, 4.69) is 4.98 Å². The number of fused-ring (bicyclic) bond motifs is 1. The van der Waals surface area contributed by atoms with Crippen molar-refractivity contribution in [3.05, 3.63) is 81.1 Å². The van der Waals surface area contributed by atoms with Crippen LogP contribution in [0.25, 0.3) is 0 Å². The van der Waals surface area contributed by atoms with E-state index in [0.29, 0.717) is 35.3 Å². The predicted molar refractivity (Wildman–Crippen MR) is 172 cm³/mol. The topological polar surface area (TPSA) is 100 Å². The summed E-state index contributed by atoms with van der Waals surface area (Å²) in [6, 6.07) is 4.70. The minimum atomic E-state index is -4.93. The van der Waals surface area contributed by atoms with Gasteiger partial charge in [0.25, 0.3) is 11.8 Å². The van der Waals surface area contributed by atoms with Gasteiger partial charge in [0.2, 0.25) is 5.60 Å². The van der Waals surface area contributed by atoms with E-state index in [1.54, 1.807) is 6.92 Å². The summed E-state index contributed by atoms with van der Waals surface area (Å²) in [6.45, 7) is 1.69. The van der Waals surface area contributed by atoms with Crippen LogP contribution >= 0.6 is 11.3 Å². The van der Waals surface area contributed by atoms with E-state index in [1.807, 2.05) is 0 Å². The molecule has 3 atom stereocenters. The molecule has 1 unspecified atom stereocenters. The lowest BCUT2D eigenvalue weighted by Gasteiger charge is -2.51. The number of thiophene rings is 1. The van der Waals surface area contributed by atoms with E-state index in [0.717, 1.165) is 34.7 Å². The predicted octanol–water partition coefficient (Wildman–Crippen LogP) is 8.31. The third-order valence-electron chi connectivity index (χ3n) is 9.36. The van der Waals surface area contributed by atoms with Crippen molar-refractivity contribution in [1.82, 2.24) is 14.8 Å². The number of rotatable bonds is 11. The van der Waals surface area contributed by atoms with E-state index >= 15 is 4.79 Å². The number of piperidine rings is 1. The van der Waals surface area contributed by atoms with Crippen molar-refractivity contribution in [2.45, 2.75) is 94.7 Å². The van der Waals surface area contributed by atoms with Gasteiger partial charge in [0.05, 0.1) is 17.6 Å². The Morgan fingerprint density at radius 1 is 1.02 bits per heavy atom. The fourth-order valence-electron chi connectivity index (χ4n) is 7.17. The number of carbonyl (C=O) groups excluding carboxylic acids is 2. The van der Waals surface area contributed by atoms with Crippen molar-refractivity contribution in [2.75, 3.05) is 13.1 Å². The van der Waals surface area contributed by atoms with Gasteiger partial charge >= 0.3 is 18.3 Å². The van der Waals surface area contributed by atoms with Crippen LogP contribution in [0.1, 0.15) is 96.4 Å². The van der Waals surface area contributed by atoms with E-state index in [1.165, 1.54) is 23.1 Å². The van der Waals surface area contributed by atoms with Gasteiger partial charge in [-0.15, -0.1) is 11.3 Å². The van der Waals surface area contributed by atoms with Gasteiger partial charge in [-0.05, 0) is 67.5 Å². The molecular formula is C35H36F7N3O5S. The summed E-state index contributed by atoms with van der Waals surface area (Å²) in [5.41, 5.74) is -2.96. The second-order valence-electron chi connectivity index (χ2n) is 12.7. The molecular weight excluding hydrogens is 707 g/mol. The Morgan fingerprint density at radius 3 is 2.45 bits per heavy atom. The lowest BCUT2D eigenvalue weighted by atomic mass is 9.78. The van der Waals surface area contributed by atoms with Crippen molar-refractivity contribution in [3.8, 4) is 5.75 Å². The molecule has 0 bridgehead atoms. The van der Waals surface area contributed by atoms with Crippen molar-refractivity contribution in [2.24, 2.45) is 0 Å². The summed E-state index contributed by atoms with van der Waals surface area (Å²) < 4.78 is 104. The first-order chi connectivity index (χ1) is 24.1. The summed E-state index contributed by atoms with van der Waals surface area (Å²) in [7, 11) is 0. The van der Waals surface area contributed by atoms with Gasteiger partial charge in [0.1, 0.15) is 22.1 Å². The number of aliphatic carboxylic acids is 1. The van der Waals surface area contributed by atoms with E-state index in [4.69, 9.17) is 4.74 Å². The normalized spacial score (nSPS) is 20.9. The Kier molecular flexibility index (Phi) is 11.3. The van der Waals surface area contributed by atoms with Crippen LogP contribution in [0.2, 0.25) is 0 Å². The van der Waals surface area contributed by atoms with Gasteiger partial charge in [0, 0.05) is 43.6 Å². The van der Waals surface area contributed by atoms with Crippen LogP contribution < -0.4 is 4.74 Å². The Labute approximate surface area is 293 Å². The molecule has 2 aromatic heterocycles. The van der Waals surface area contributed by atoms with Gasteiger partial charge in [-0.25, -0.2) is 4.39 Å². The molecule has 2 amide bonds. The van der Waals surface area contributed by atoms with Crippen LogP contribution in [0.15, 0.2) is 48.0 Å². The van der Waals surface area contributed by atoms with Crippen LogP contribution in [0.5, 0.6) is 5.75 Å². The van der Waals surface area contributed by atoms with Crippen molar-refractivity contribution >= 4 is 29.1 Å². The monoisotopic (exact) mass is 743 g/mol. The molecule has 1 aromatic carbocycles. The number of carboxylic acid groups (broad SMARTS) is 1. The van der Waals surface area contributed by atoms with Crippen LogP contribution in [-0.2, 0) is 28.4 Å². The lowest BCUT2D eigenvalue weighted by Crippen LogP contribution is -2.68. The van der Waals surface area contributed by atoms with Gasteiger partial charge in [-0.3, -0.25) is 19.4 Å². The molecule has 0 aliphatic carbocycles. The number of halogens is 7. The zero-order valence-electron chi connectivity index (χ0n) is 27.5. The largest absolute Gasteiger partial charge is 0.481 e. The molecule has 2 aliphatic heterocycles. The molecule has 0 spiro atoms. The number of carboxylic acids is 1. The Morgan fingerprint density at radius 2 is 1.78 bits per heavy atom. The summed E-state index contributed by atoms with van der Waals surface area (Å²) in [6.07, 6.45) is -7.31. The smallest absolute Gasteiger partial charge is 0.425 e. The van der Waals surface area contributed by atoms with Gasteiger partial charge in [-0.1, -0.05) is 25.8 Å². The fourth-order valence-corrected chi connectivity index (χ4v) is 7.84. The Bertz CT molecular complexity index is 1750. The minimum Gasteiger partial charge on any atom is -0.481 e. The van der Waals surface area contributed by atoms with Gasteiger partial charge in [0.15, 0.2) is 0 Å². The first-order valence-electron chi connectivity index (χ1n) is 16.6. The maximum Gasteiger partial charge on any atom is 0.425 e. The number of carbonyl (C=O) groups is 3. The van der Waals surface area contributed by atoms with Crippen molar-refractivity contribution in [3.63, 3.8) is 0 Å². The number of ether oxygens (including phenoxy) is 1. The third-order valence-corrected chi connectivity index (χ3v) is 10.3. The highest BCUT2D eigenvalue weighted by molar-refractivity contribution is 7.10. The zero-order valence-corrected chi connectivity index (χ0v) is 28.3. The summed E-state index contributed by atoms with van der Waals surface area (Å²) >= 11 is 0.349. The molecule has 1 fully saturated rings. The lowest BCUT2D eigenvalue weighted by molar-refractivity contribution is -0.162. The summed E-state index contributed by atoms with van der Waals surface area (Å²) in [5, 5.41) is 10.3. The number of alkyl halides is 6. The standard InChI is InChI=1S/C35H36F7N3O5S/c1-2-7-27-33(50-23-19-28(51-20-23)35(40,41)42,14-6-16-45(27)31(48)30-25(34(37,38)39)8-5-15-43-30)32(49)44-17-13-21-18-22(36)11-12-24(21)26(44)9-3-4-10-29(46)47/h5,8,11-12,15,18-20,26-27H,2-4,6-7,9-10,13-14,16-17H2,1H3,(H,46,47)/t26?,27-,33-/m1/s1. The maximum absolute atomic E-state index is 15.2. The number of hydrogen-bond donors (Lipinski definition) is 1. The highest BCUT2D eigenvalue weighted by atomic mass is 32.1. The first kappa shape index (κ1) is 38.0. The average Bonchev–Trinajstić information content (AvgIpc) is 3.55. The summed E-state index contributed by atoms with van der Waals surface area (Å²) in [4.78, 5) is 45.9. The first-order valence-corrected chi connectivity index (χ1v) is 17.4. The fraction of sp³-hybridized carbons (Fsp3) is 0.486. The highest BCUT2D eigenvalue weighted by Gasteiger charge is 2.57. The van der Waals surface area contributed by atoms with Crippen LogP contribution in [0.3, 0.4) is 0 Å².